The molecule has 2 aromatic rings. The van der Waals surface area contributed by atoms with Crippen molar-refractivity contribution >= 4 is 0 Å². The second kappa shape index (κ2) is 6.31. The molecule has 0 aliphatic carbocycles. The lowest BCUT2D eigenvalue weighted by Crippen LogP contribution is -2.13. The van der Waals surface area contributed by atoms with Crippen molar-refractivity contribution in [2.75, 3.05) is 7.05 Å². The van der Waals surface area contributed by atoms with Crippen LogP contribution in [0, 0.1) is 0 Å². The Hall–Kier alpha value is -1.91. The summed E-state index contributed by atoms with van der Waals surface area (Å²) in [5, 5.41) is 12.2. The topological polar surface area (TPSA) is 54.4 Å². The van der Waals surface area contributed by atoms with Crippen LogP contribution in [0.2, 0.25) is 0 Å². The summed E-state index contributed by atoms with van der Waals surface area (Å²) in [6.45, 7) is 2.06. The molecule has 100 valence electrons. The van der Waals surface area contributed by atoms with Gasteiger partial charge < -0.3 is 15.2 Å². The number of pyridine rings is 1. The van der Waals surface area contributed by atoms with Crippen LogP contribution in [-0.4, -0.2) is 17.1 Å². The number of nitrogens with one attached hydrogen (secondary N) is 1. The van der Waals surface area contributed by atoms with Crippen molar-refractivity contribution < 1.29 is 9.84 Å². The maximum atomic E-state index is 9.08. The highest BCUT2D eigenvalue weighted by Gasteiger charge is 2.04. The smallest absolute Gasteiger partial charge is 0.145 e. The maximum Gasteiger partial charge on any atom is 0.145 e. The fourth-order valence-corrected chi connectivity index (χ4v) is 1.70. The lowest BCUT2D eigenvalue weighted by molar-refractivity contribution is 0.281. The Morgan fingerprint density at radius 1 is 1.26 bits per heavy atom. The van der Waals surface area contributed by atoms with E-state index in [4.69, 9.17) is 9.84 Å². The average Bonchev–Trinajstić information content (AvgIpc) is 2.47. The highest BCUT2D eigenvalue weighted by Crippen LogP contribution is 2.22. The molecule has 0 bridgehead atoms. The lowest BCUT2D eigenvalue weighted by Gasteiger charge is -2.11. The Bertz CT molecular complexity index is 526. The van der Waals surface area contributed by atoms with Crippen LogP contribution in [0.5, 0.6) is 11.5 Å². The zero-order valence-electron chi connectivity index (χ0n) is 11.1. The number of benzene rings is 1. The van der Waals surface area contributed by atoms with Gasteiger partial charge in [-0.25, -0.2) is 0 Å². The minimum absolute atomic E-state index is 0.00801. The van der Waals surface area contributed by atoms with Gasteiger partial charge in [0, 0.05) is 6.04 Å². The van der Waals surface area contributed by atoms with E-state index >= 15 is 0 Å². The van der Waals surface area contributed by atoms with Crippen LogP contribution < -0.4 is 10.1 Å². The quantitative estimate of drug-likeness (QED) is 0.865. The zero-order chi connectivity index (χ0) is 13.7. The van der Waals surface area contributed by atoms with Gasteiger partial charge in [0.05, 0.1) is 18.5 Å². The molecule has 0 saturated carbocycles. The van der Waals surface area contributed by atoms with E-state index in [0.717, 1.165) is 11.3 Å². The zero-order valence-corrected chi connectivity index (χ0v) is 11.1. The molecule has 0 aliphatic heterocycles. The Labute approximate surface area is 113 Å². The van der Waals surface area contributed by atoms with Gasteiger partial charge in [-0.2, -0.15) is 0 Å². The molecular weight excluding hydrogens is 240 g/mol. The number of ether oxygens (including phenoxy) is 1. The monoisotopic (exact) mass is 258 g/mol. The molecule has 1 aromatic carbocycles. The number of aliphatic hydroxyl groups excluding tert-OH is 1. The molecule has 0 radical (unpaired) electrons. The largest absolute Gasteiger partial charge is 0.456 e. The Kier molecular flexibility index (Phi) is 4.49. The molecule has 0 amide bonds. The Balaban J connectivity index is 2.10. The molecule has 1 unspecified atom stereocenters. The van der Waals surface area contributed by atoms with Crippen LogP contribution in [0.15, 0.2) is 42.6 Å². The van der Waals surface area contributed by atoms with Gasteiger partial charge >= 0.3 is 0 Å². The maximum absolute atomic E-state index is 9.08. The van der Waals surface area contributed by atoms with Crippen LogP contribution >= 0.6 is 0 Å². The van der Waals surface area contributed by atoms with Crippen molar-refractivity contribution in [3.8, 4) is 11.5 Å². The van der Waals surface area contributed by atoms with E-state index < -0.39 is 0 Å². The summed E-state index contributed by atoms with van der Waals surface area (Å²) in [5.74, 6) is 1.38. The molecule has 2 rings (SSSR count). The van der Waals surface area contributed by atoms with Gasteiger partial charge in [-0.15, -0.1) is 0 Å². The summed E-state index contributed by atoms with van der Waals surface area (Å²) >= 11 is 0. The van der Waals surface area contributed by atoms with Gasteiger partial charge in [-0.3, -0.25) is 4.98 Å². The second-order valence-corrected chi connectivity index (χ2v) is 4.34. The summed E-state index contributed by atoms with van der Waals surface area (Å²) in [6.07, 6.45) is 1.70. The molecule has 0 saturated heterocycles. The highest BCUT2D eigenvalue weighted by atomic mass is 16.5. The van der Waals surface area contributed by atoms with Gasteiger partial charge in [0.2, 0.25) is 0 Å². The van der Waals surface area contributed by atoms with Crippen molar-refractivity contribution in [2.24, 2.45) is 0 Å². The highest BCUT2D eigenvalue weighted by molar-refractivity contribution is 5.33. The third-order valence-electron chi connectivity index (χ3n) is 2.95. The van der Waals surface area contributed by atoms with Gasteiger partial charge in [0.1, 0.15) is 11.5 Å². The molecule has 4 heteroatoms. The van der Waals surface area contributed by atoms with Crippen LogP contribution in [-0.2, 0) is 6.61 Å². The fraction of sp³-hybridized carbons (Fsp3) is 0.267. The minimum atomic E-state index is 0.00801. The predicted octanol–water partition coefficient (Wildman–Crippen LogP) is 2.65. The number of hydrogen-bond acceptors (Lipinski definition) is 4. The number of aromatic nitrogens is 1. The summed E-state index contributed by atoms with van der Waals surface area (Å²) < 4.78 is 5.70. The van der Waals surface area contributed by atoms with Gasteiger partial charge in [0.15, 0.2) is 0 Å². The molecule has 1 heterocycles. The molecule has 1 atom stereocenters. The third kappa shape index (κ3) is 3.53. The number of hydrogen-bond donors (Lipinski definition) is 2. The molecule has 0 spiro atoms. The first-order valence-corrected chi connectivity index (χ1v) is 6.24. The molecule has 19 heavy (non-hydrogen) atoms. The predicted molar refractivity (Wildman–Crippen MR) is 74.2 cm³/mol. The number of aliphatic hydroxyl groups is 1. The standard InChI is InChI=1S/C15H18N2O2/c1-11(16-2)15-7-6-14(9-17-15)19-13-5-3-4-12(8-13)10-18/h3-9,11,16,18H,10H2,1-2H3. The van der Waals surface area contributed by atoms with E-state index in [1.54, 1.807) is 6.20 Å². The normalized spacial score (nSPS) is 12.2. The van der Waals surface area contributed by atoms with Crippen LogP contribution in [0.3, 0.4) is 0 Å². The van der Waals surface area contributed by atoms with Crippen molar-refractivity contribution in [1.29, 1.82) is 0 Å². The van der Waals surface area contributed by atoms with Crippen LogP contribution in [0.4, 0.5) is 0 Å². The van der Waals surface area contributed by atoms with Gasteiger partial charge in [0.25, 0.3) is 0 Å². The third-order valence-corrected chi connectivity index (χ3v) is 2.95. The van der Waals surface area contributed by atoms with Crippen LogP contribution in [0.1, 0.15) is 24.2 Å². The summed E-state index contributed by atoms with van der Waals surface area (Å²) in [5.41, 5.74) is 1.80. The van der Waals surface area contributed by atoms with E-state index in [0.29, 0.717) is 11.5 Å². The first-order valence-electron chi connectivity index (χ1n) is 6.24. The van der Waals surface area contributed by atoms with E-state index in [9.17, 15) is 0 Å². The van der Waals surface area contributed by atoms with Gasteiger partial charge in [-0.05, 0) is 43.8 Å². The molecular formula is C15H18N2O2. The lowest BCUT2D eigenvalue weighted by atomic mass is 10.2. The average molecular weight is 258 g/mol. The Morgan fingerprint density at radius 2 is 2.11 bits per heavy atom. The van der Waals surface area contributed by atoms with E-state index in [1.807, 2.05) is 50.4 Å². The van der Waals surface area contributed by atoms with Crippen molar-refractivity contribution in [3.63, 3.8) is 0 Å². The SMILES string of the molecule is CNC(C)c1ccc(Oc2cccc(CO)c2)cn1. The molecule has 0 aliphatic rings. The fourth-order valence-electron chi connectivity index (χ4n) is 1.70. The first-order chi connectivity index (χ1) is 9.22. The summed E-state index contributed by atoms with van der Waals surface area (Å²) in [4.78, 5) is 4.35. The minimum Gasteiger partial charge on any atom is -0.456 e. The second-order valence-electron chi connectivity index (χ2n) is 4.34. The number of rotatable bonds is 5. The van der Waals surface area contributed by atoms with Crippen LogP contribution in [0.25, 0.3) is 0 Å². The Morgan fingerprint density at radius 3 is 2.74 bits per heavy atom. The van der Waals surface area contributed by atoms with E-state index in [1.165, 1.54) is 0 Å². The summed E-state index contributed by atoms with van der Waals surface area (Å²) in [7, 11) is 1.90. The molecule has 0 fully saturated rings. The van der Waals surface area contributed by atoms with E-state index in [2.05, 4.69) is 10.3 Å². The van der Waals surface area contributed by atoms with Crippen molar-refractivity contribution in [3.05, 3.63) is 53.9 Å². The van der Waals surface area contributed by atoms with Crippen molar-refractivity contribution in [2.45, 2.75) is 19.6 Å². The molecule has 4 nitrogen and oxygen atoms in total. The number of nitrogens with zero attached hydrogens (tertiary/aromatic N) is 1. The van der Waals surface area contributed by atoms with Gasteiger partial charge in [-0.1, -0.05) is 12.1 Å². The molecule has 1 aromatic heterocycles. The van der Waals surface area contributed by atoms with Crippen molar-refractivity contribution in [1.82, 2.24) is 10.3 Å². The summed E-state index contributed by atoms with van der Waals surface area (Å²) in [6, 6.07) is 11.4. The molecule has 2 N–H and O–H groups in total. The van der Waals surface area contributed by atoms with E-state index in [-0.39, 0.29) is 12.6 Å². The first kappa shape index (κ1) is 13.5.